The van der Waals surface area contributed by atoms with E-state index in [1.807, 2.05) is 6.20 Å². The lowest BCUT2D eigenvalue weighted by molar-refractivity contribution is 0.110. The van der Waals surface area contributed by atoms with Crippen LogP contribution in [0.4, 0.5) is 0 Å². The predicted octanol–water partition coefficient (Wildman–Crippen LogP) is 1.63. The molecule has 16 heavy (non-hydrogen) atoms. The molecule has 0 radical (unpaired) electrons. The zero-order valence-electron chi connectivity index (χ0n) is 9.96. The number of hydrogen-bond acceptors (Lipinski definition) is 3. The smallest absolute Gasteiger partial charge is 0.108 e. The van der Waals surface area contributed by atoms with E-state index in [4.69, 9.17) is 4.74 Å². The minimum absolute atomic E-state index is 0.377. The normalized spacial score (nSPS) is 20.4. The van der Waals surface area contributed by atoms with Gasteiger partial charge in [-0.1, -0.05) is 6.92 Å². The second-order valence-corrected chi connectivity index (χ2v) is 4.37. The lowest BCUT2D eigenvalue weighted by Crippen LogP contribution is -2.14. The fourth-order valence-electron chi connectivity index (χ4n) is 2.02. The van der Waals surface area contributed by atoms with Gasteiger partial charge in [-0.05, 0) is 25.8 Å². The Morgan fingerprint density at radius 2 is 2.56 bits per heavy atom. The van der Waals surface area contributed by atoms with Crippen LogP contribution in [0.15, 0.2) is 6.20 Å². The van der Waals surface area contributed by atoms with Gasteiger partial charge in [0.25, 0.3) is 0 Å². The van der Waals surface area contributed by atoms with Crippen LogP contribution < -0.4 is 5.32 Å². The van der Waals surface area contributed by atoms with E-state index in [1.165, 1.54) is 18.5 Å². The van der Waals surface area contributed by atoms with E-state index < -0.39 is 0 Å². The van der Waals surface area contributed by atoms with Gasteiger partial charge in [-0.15, -0.1) is 0 Å². The van der Waals surface area contributed by atoms with Gasteiger partial charge < -0.3 is 15.0 Å². The van der Waals surface area contributed by atoms with E-state index in [9.17, 15) is 0 Å². The third kappa shape index (κ3) is 3.32. The van der Waals surface area contributed by atoms with E-state index in [-0.39, 0.29) is 0 Å². The molecule has 2 heterocycles. The standard InChI is InChI=1S/C12H21N3O/c1-2-5-13-8-10-9-14-12(15-10)7-11-4-3-6-16-11/h9,11,13H,2-8H2,1H3,(H,14,15). The van der Waals surface area contributed by atoms with Gasteiger partial charge in [-0.3, -0.25) is 0 Å². The molecule has 0 aliphatic carbocycles. The summed E-state index contributed by atoms with van der Waals surface area (Å²) in [6.45, 7) is 5.02. The van der Waals surface area contributed by atoms with Crippen molar-refractivity contribution in [3.8, 4) is 0 Å². The highest BCUT2D eigenvalue weighted by Crippen LogP contribution is 2.15. The lowest BCUT2D eigenvalue weighted by Gasteiger charge is -2.06. The summed E-state index contributed by atoms with van der Waals surface area (Å²) in [4.78, 5) is 7.73. The molecule has 1 aromatic heterocycles. The number of nitrogens with one attached hydrogen (secondary N) is 2. The van der Waals surface area contributed by atoms with Gasteiger partial charge in [0, 0.05) is 31.5 Å². The van der Waals surface area contributed by atoms with Gasteiger partial charge in [0.05, 0.1) is 6.10 Å². The summed E-state index contributed by atoms with van der Waals surface area (Å²) in [5.41, 5.74) is 1.17. The molecule has 1 atom stereocenters. The Balaban J connectivity index is 1.77. The van der Waals surface area contributed by atoms with E-state index in [0.717, 1.165) is 38.4 Å². The summed E-state index contributed by atoms with van der Waals surface area (Å²) in [5, 5.41) is 3.36. The largest absolute Gasteiger partial charge is 0.378 e. The highest BCUT2D eigenvalue weighted by molar-refractivity contribution is 5.02. The molecule has 1 aliphatic heterocycles. The number of rotatable bonds is 6. The molecule has 4 nitrogen and oxygen atoms in total. The maximum absolute atomic E-state index is 5.59. The molecule has 0 spiro atoms. The minimum atomic E-state index is 0.377. The molecule has 2 rings (SSSR count). The van der Waals surface area contributed by atoms with Crippen LogP contribution >= 0.6 is 0 Å². The molecule has 1 aliphatic rings. The molecule has 0 saturated carbocycles. The first-order valence-corrected chi connectivity index (χ1v) is 6.23. The lowest BCUT2D eigenvalue weighted by atomic mass is 10.2. The number of hydrogen-bond donors (Lipinski definition) is 2. The van der Waals surface area contributed by atoms with Crippen molar-refractivity contribution in [1.29, 1.82) is 0 Å². The van der Waals surface area contributed by atoms with Gasteiger partial charge in [-0.25, -0.2) is 4.98 Å². The van der Waals surface area contributed by atoms with Crippen LogP contribution in [0.1, 0.15) is 37.7 Å². The monoisotopic (exact) mass is 223 g/mol. The number of aromatic amines is 1. The van der Waals surface area contributed by atoms with Crippen molar-refractivity contribution in [2.24, 2.45) is 0 Å². The quantitative estimate of drug-likeness (QED) is 0.721. The van der Waals surface area contributed by atoms with E-state index in [1.54, 1.807) is 0 Å². The van der Waals surface area contributed by atoms with Gasteiger partial charge >= 0.3 is 0 Å². The molecule has 1 unspecified atom stereocenters. The zero-order valence-corrected chi connectivity index (χ0v) is 9.96. The maximum Gasteiger partial charge on any atom is 0.108 e. The summed E-state index contributed by atoms with van der Waals surface area (Å²) >= 11 is 0. The van der Waals surface area contributed by atoms with E-state index >= 15 is 0 Å². The maximum atomic E-state index is 5.59. The van der Waals surface area contributed by atoms with Crippen molar-refractivity contribution in [2.75, 3.05) is 13.2 Å². The molecule has 1 saturated heterocycles. The van der Waals surface area contributed by atoms with Crippen molar-refractivity contribution >= 4 is 0 Å². The van der Waals surface area contributed by atoms with Crippen LogP contribution in [0.5, 0.6) is 0 Å². The first-order chi connectivity index (χ1) is 7.88. The van der Waals surface area contributed by atoms with E-state index in [2.05, 4.69) is 22.2 Å². The molecule has 4 heteroatoms. The average Bonchev–Trinajstić information content (AvgIpc) is 2.91. The number of imidazole rings is 1. The van der Waals surface area contributed by atoms with Crippen LogP contribution in [0.3, 0.4) is 0 Å². The van der Waals surface area contributed by atoms with Crippen molar-refractivity contribution in [3.05, 3.63) is 17.7 Å². The summed E-state index contributed by atoms with van der Waals surface area (Å²) in [6, 6.07) is 0. The molecular weight excluding hydrogens is 202 g/mol. The third-order valence-electron chi connectivity index (χ3n) is 2.87. The second-order valence-electron chi connectivity index (χ2n) is 4.37. The van der Waals surface area contributed by atoms with Crippen LogP contribution in [0.2, 0.25) is 0 Å². The fourth-order valence-corrected chi connectivity index (χ4v) is 2.02. The van der Waals surface area contributed by atoms with Gasteiger partial charge in [0.1, 0.15) is 5.82 Å². The Labute approximate surface area is 96.8 Å². The molecule has 1 aromatic rings. The number of ether oxygens (including phenoxy) is 1. The summed E-state index contributed by atoms with van der Waals surface area (Å²) in [6.07, 6.45) is 6.75. The minimum Gasteiger partial charge on any atom is -0.378 e. The van der Waals surface area contributed by atoms with Crippen molar-refractivity contribution in [1.82, 2.24) is 15.3 Å². The van der Waals surface area contributed by atoms with Crippen LogP contribution in [0.25, 0.3) is 0 Å². The zero-order chi connectivity index (χ0) is 11.2. The number of aromatic nitrogens is 2. The predicted molar refractivity (Wildman–Crippen MR) is 63.3 cm³/mol. The average molecular weight is 223 g/mol. The summed E-state index contributed by atoms with van der Waals surface area (Å²) in [7, 11) is 0. The summed E-state index contributed by atoms with van der Waals surface area (Å²) < 4.78 is 5.59. The Kier molecular flexibility index (Phi) is 4.36. The van der Waals surface area contributed by atoms with Crippen molar-refractivity contribution < 1.29 is 4.74 Å². The highest BCUT2D eigenvalue weighted by Gasteiger charge is 2.17. The van der Waals surface area contributed by atoms with Crippen LogP contribution in [-0.4, -0.2) is 29.2 Å². The first-order valence-electron chi connectivity index (χ1n) is 6.23. The molecule has 2 N–H and O–H groups in total. The third-order valence-corrected chi connectivity index (χ3v) is 2.87. The van der Waals surface area contributed by atoms with Gasteiger partial charge in [0.15, 0.2) is 0 Å². The number of nitrogens with zero attached hydrogens (tertiary/aromatic N) is 1. The van der Waals surface area contributed by atoms with Crippen LogP contribution in [-0.2, 0) is 17.7 Å². The molecular formula is C12H21N3O. The van der Waals surface area contributed by atoms with Crippen molar-refractivity contribution in [3.63, 3.8) is 0 Å². The van der Waals surface area contributed by atoms with Crippen LogP contribution in [0, 0.1) is 0 Å². The first kappa shape index (κ1) is 11.6. The topological polar surface area (TPSA) is 49.9 Å². The molecule has 1 fully saturated rings. The molecule has 0 bridgehead atoms. The Morgan fingerprint density at radius 3 is 3.31 bits per heavy atom. The van der Waals surface area contributed by atoms with Gasteiger partial charge in [0.2, 0.25) is 0 Å². The molecule has 0 amide bonds. The van der Waals surface area contributed by atoms with Gasteiger partial charge in [-0.2, -0.15) is 0 Å². The highest BCUT2D eigenvalue weighted by atomic mass is 16.5. The van der Waals surface area contributed by atoms with E-state index in [0.29, 0.717) is 6.10 Å². The summed E-state index contributed by atoms with van der Waals surface area (Å²) in [5.74, 6) is 1.06. The Morgan fingerprint density at radius 1 is 1.62 bits per heavy atom. The Hall–Kier alpha value is -0.870. The van der Waals surface area contributed by atoms with Crippen molar-refractivity contribution in [2.45, 2.75) is 45.3 Å². The Bertz CT molecular complexity index is 305. The second kappa shape index (κ2) is 6.01. The molecule has 90 valence electrons. The number of H-pyrrole nitrogens is 1. The SMILES string of the molecule is CCCNCc1cnc(CC2CCCO2)[nH]1. The molecule has 0 aromatic carbocycles. The fraction of sp³-hybridized carbons (Fsp3) is 0.750.